The highest BCUT2D eigenvalue weighted by atomic mass is 35.5. The van der Waals surface area contributed by atoms with E-state index >= 15 is 0 Å². The fraction of sp³-hybridized carbons (Fsp3) is 0.417. The third-order valence-corrected chi connectivity index (χ3v) is 2.49. The molecule has 3 nitrogen and oxygen atoms in total. The zero-order valence-corrected chi connectivity index (χ0v) is 10.8. The Morgan fingerprint density at radius 2 is 2.12 bits per heavy atom. The van der Waals surface area contributed by atoms with Gasteiger partial charge in [0.25, 0.3) is 0 Å². The molecule has 0 aliphatic carbocycles. The maximum atomic E-state index is 11.8. The third-order valence-electron chi connectivity index (χ3n) is 2.49. The Bertz CT molecular complexity index is 355. The van der Waals surface area contributed by atoms with Crippen molar-refractivity contribution in [2.24, 2.45) is 11.7 Å². The van der Waals surface area contributed by atoms with Crippen molar-refractivity contribution in [1.29, 1.82) is 0 Å². The molecule has 1 rings (SSSR count). The summed E-state index contributed by atoms with van der Waals surface area (Å²) in [7, 11) is 1.78. The quantitative estimate of drug-likeness (QED) is 0.881. The molecule has 4 heteroatoms. The molecule has 0 heterocycles. The van der Waals surface area contributed by atoms with E-state index in [0.29, 0.717) is 6.54 Å². The number of nitrogens with zero attached hydrogens (tertiary/aromatic N) is 1. The second-order valence-electron chi connectivity index (χ2n) is 3.87. The largest absolute Gasteiger partial charge is 0.330 e. The van der Waals surface area contributed by atoms with Crippen molar-refractivity contribution in [3.63, 3.8) is 0 Å². The number of benzene rings is 1. The van der Waals surface area contributed by atoms with Gasteiger partial charge in [0, 0.05) is 25.2 Å². The first-order valence-corrected chi connectivity index (χ1v) is 5.10. The van der Waals surface area contributed by atoms with Crippen LogP contribution in [0.4, 0.5) is 5.69 Å². The maximum Gasteiger partial charge on any atom is 0.230 e. The molecule has 16 heavy (non-hydrogen) atoms. The van der Waals surface area contributed by atoms with Gasteiger partial charge >= 0.3 is 0 Å². The second kappa shape index (κ2) is 6.51. The molecule has 0 aliphatic rings. The van der Waals surface area contributed by atoms with E-state index in [9.17, 15) is 4.79 Å². The summed E-state index contributed by atoms with van der Waals surface area (Å²) in [5.74, 6) is -0.0707. The monoisotopic (exact) mass is 242 g/mol. The minimum atomic E-state index is -0.129. The van der Waals surface area contributed by atoms with Gasteiger partial charge in [0.1, 0.15) is 0 Å². The lowest BCUT2D eigenvalue weighted by atomic mass is 10.1. The van der Waals surface area contributed by atoms with Crippen LogP contribution in [-0.2, 0) is 4.79 Å². The van der Waals surface area contributed by atoms with Gasteiger partial charge in [-0.3, -0.25) is 4.79 Å². The minimum Gasteiger partial charge on any atom is -0.330 e. The molecule has 1 atom stereocenters. The first-order valence-electron chi connectivity index (χ1n) is 5.10. The first-order chi connectivity index (χ1) is 7.06. The van der Waals surface area contributed by atoms with Crippen LogP contribution in [0.25, 0.3) is 0 Å². The van der Waals surface area contributed by atoms with E-state index in [2.05, 4.69) is 0 Å². The number of rotatable bonds is 3. The molecule has 1 aromatic rings. The number of nitrogens with two attached hydrogens (primary N) is 1. The lowest BCUT2D eigenvalue weighted by Gasteiger charge is -2.21. The smallest absolute Gasteiger partial charge is 0.230 e. The highest BCUT2D eigenvalue weighted by Gasteiger charge is 2.16. The molecule has 0 bridgehead atoms. The molecule has 0 saturated heterocycles. The number of hydrogen-bond donors (Lipinski definition) is 1. The van der Waals surface area contributed by atoms with Gasteiger partial charge in [-0.15, -0.1) is 12.4 Å². The molecule has 0 spiro atoms. The van der Waals surface area contributed by atoms with Crippen molar-refractivity contribution in [2.75, 3.05) is 18.5 Å². The molecule has 90 valence electrons. The van der Waals surface area contributed by atoms with Gasteiger partial charge in [0.2, 0.25) is 5.91 Å². The van der Waals surface area contributed by atoms with Crippen molar-refractivity contribution < 1.29 is 4.79 Å². The van der Waals surface area contributed by atoms with E-state index in [1.54, 1.807) is 11.9 Å². The number of carbonyl (C=O) groups is 1. The van der Waals surface area contributed by atoms with E-state index in [0.717, 1.165) is 11.3 Å². The summed E-state index contributed by atoms with van der Waals surface area (Å²) in [5, 5.41) is 0. The molecule has 0 fully saturated rings. The van der Waals surface area contributed by atoms with Crippen LogP contribution in [0.3, 0.4) is 0 Å². The van der Waals surface area contributed by atoms with Gasteiger partial charge in [0.05, 0.1) is 0 Å². The molecule has 0 saturated carbocycles. The van der Waals surface area contributed by atoms with Crippen LogP contribution in [0.1, 0.15) is 12.5 Å². The summed E-state index contributed by atoms with van der Waals surface area (Å²) >= 11 is 0. The summed E-state index contributed by atoms with van der Waals surface area (Å²) in [6.07, 6.45) is 0. The lowest BCUT2D eigenvalue weighted by Crippen LogP contribution is -2.35. The van der Waals surface area contributed by atoms with Crippen LogP contribution in [0.2, 0.25) is 0 Å². The zero-order chi connectivity index (χ0) is 11.4. The molecule has 0 aliphatic heterocycles. The van der Waals surface area contributed by atoms with Crippen LogP contribution in [0, 0.1) is 12.8 Å². The standard InChI is InChI=1S/C12H18N2O.ClH/c1-9-5-4-6-11(7-9)14(3)12(15)10(2)8-13;/h4-7,10H,8,13H2,1-3H3;1H. The van der Waals surface area contributed by atoms with E-state index in [4.69, 9.17) is 5.73 Å². The Hall–Kier alpha value is -1.06. The fourth-order valence-corrected chi connectivity index (χ4v) is 1.40. The van der Waals surface area contributed by atoms with Gasteiger partial charge < -0.3 is 10.6 Å². The first kappa shape index (κ1) is 14.9. The van der Waals surface area contributed by atoms with E-state index < -0.39 is 0 Å². The van der Waals surface area contributed by atoms with Crippen molar-refractivity contribution in [3.05, 3.63) is 29.8 Å². The SMILES string of the molecule is Cc1cccc(N(C)C(=O)C(C)CN)c1.Cl. The third kappa shape index (κ3) is 3.51. The molecule has 1 aromatic carbocycles. The van der Waals surface area contributed by atoms with Gasteiger partial charge in [-0.25, -0.2) is 0 Å². The molecular formula is C12H19ClN2O. The Morgan fingerprint density at radius 1 is 1.50 bits per heavy atom. The average molecular weight is 243 g/mol. The number of aryl methyl sites for hydroxylation is 1. The fourth-order valence-electron chi connectivity index (χ4n) is 1.40. The normalized spacial score (nSPS) is 11.5. The molecule has 0 aromatic heterocycles. The van der Waals surface area contributed by atoms with Gasteiger partial charge in [-0.2, -0.15) is 0 Å². The lowest BCUT2D eigenvalue weighted by molar-refractivity contribution is -0.121. The topological polar surface area (TPSA) is 46.3 Å². The number of halogens is 1. The van der Waals surface area contributed by atoms with E-state index in [1.165, 1.54) is 0 Å². The molecule has 2 N–H and O–H groups in total. The van der Waals surface area contributed by atoms with Gasteiger partial charge in [-0.05, 0) is 24.6 Å². The Kier molecular flexibility index (Phi) is 6.08. The van der Waals surface area contributed by atoms with Gasteiger partial charge in [0.15, 0.2) is 0 Å². The van der Waals surface area contributed by atoms with Crippen LogP contribution in [0.5, 0.6) is 0 Å². The van der Waals surface area contributed by atoms with Gasteiger partial charge in [-0.1, -0.05) is 19.1 Å². The minimum absolute atomic E-state index is 0. The van der Waals surface area contributed by atoms with Crippen molar-refractivity contribution in [2.45, 2.75) is 13.8 Å². The second-order valence-corrected chi connectivity index (χ2v) is 3.87. The molecule has 1 amide bonds. The van der Waals surface area contributed by atoms with E-state index in [1.807, 2.05) is 38.1 Å². The Labute approximate surface area is 103 Å². The number of anilines is 1. The molecule has 0 radical (unpaired) electrons. The Morgan fingerprint density at radius 3 is 2.62 bits per heavy atom. The highest BCUT2D eigenvalue weighted by molar-refractivity contribution is 5.94. The zero-order valence-electron chi connectivity index (χ0n) is 9.93. The van der Waals surface area contributed by atoms with Crippen molar-refractivity contribution >= 4 is 24.0 Å². The molecule has 1 unspecified atom stereocenters. The number of amides is 1. The predicted octanol–water partition coefficient (Wildman–Crippen LogP) is 1.97. The van der Waals surface area contributed by atoms with Crippen LogP contribution >= 0.6 is 12.4 Å². The van der Waals surface area contributed by atoms with Crippen LogP contribution < -0.4 is 10.6 Å². The van der Waals surface area contributed by atoms with E-state index in [-0.39, 0.29) is 24.2 Å². The van der Waals surface area contributed by atoms with Crippen LogP contribution in [0.15, 0.2) is 24.3 Å². The number of carbonyl (C=O) groups excluding carboxylic acids is 1. The van der Waals surface area contributed by atoms with Crippen LogP contribution in [-0.4, -0.2) is 19.5 Å². The summed E-state index contributed by atoms with van der Waals surface area (Å²) in [6.45, 7) is 4.23. The predicted molar refractivity (Wildman–Crippen MR) is 70.1 cm³/mol. The summed E-state index contributed by atoms with van der Waals surface area (Å²) < 4.78 is 0. The average Bonchev–Trinajstić information content (AvgIpc) is 2.26. The number of hydrogen-bond acceptors (Lipinski definition) is 2. The summed E-state index contributed by atoms with van der Waals surface area (Å²) in [4.78, 5) is 13.5. The Balaban J connectivity index is 0.00000225. The maximum absolute atomic E-state index is 11.8. The summed E-state index contributed by atoms with van der Waals surface area (Å²) in [5.41, 5.74) is 7.53. The molecular weight excluding hydrogens is 224 g/mol. The van der Waals surface area contributed by atoms with Crippen molar-refractivity contribution in [3.8, 4) is 0 Å². The highest BCUT2D eigenvalue weighted by Crippen LogP contribution is 2.16. The van der Waals surface area contributed by atoms with Crippen molar-refractivity contribution in [1.82, 2.24) is 0 Å². The summed E-state index contributed by atoms with van der Waals surface area (Å²) in [6, 6.07) is 7.87.